The molecule has 5 rings (SSSR count). The molecule has 1 aromatic carbocycles. The van der Waals surface area contributed by atoms with Crippen LogP contribution in [0.1, 0.15) is 56.3 Å². The first kappa shape index (κ1) is 27.4. The van der Waals surface area contributed by atoms with Crippen molar-refractivity contribution in [2.24, 2.45) is 5.92 Å². The minimum atomic E-state index is -0.857. The van der Waals surface area contributed by atoms with Gasteiger partial charge in [-0.05, 0) is 37.1 Å². The number of hydrogen-bond acceptors (Lipinski definition) is 7. The summed E-state index contributed by atoms with van der Waals surface area (Å²) in [5.41, 5.74) is 2.19. The minimum absolute atomic E-state index is 0.00280. The standard InChI is InChI=1S/C27H28ClFN6O5/c1-14-4-3-5-20(35-11-9-21(40-27(35)38)23-22(29)17(28)8-10-30-23)24-31-13-19(33-24)16-7-6-15(32-26(37)39-2)12-18(16)34-25(14)36/h6-8,10,12-14,20-21H,3-5,9,11H2,1-2H3,(H,31,33)(H,32,37)(H,34,36)/t14-,20+,21?/m1/s1. The van der Waals surface area contributed by atoms with Crippen LogP contribution in [0.5, 0.6) is 0 Å². The van der Waals surface area contributed by atoms with Gasteiger partial charge in [-0.2, -0.15) is 0 Å². The molecule has 13 heteroatoms. The van der Waals surface area contributed by atoms with Crippen molar-refractivity contribution in [3.05, 3.63) is 59.0 Å². The lowest BCUT2D eigenvalue weighted by atomic mass is 9.98. The molecular formula is C27H28ClFN6O5. The number of anilines is 2. The number of carbonyl (C=O) groups excluding carboxylic acids is 3. The molecule has 0 radical (unpaired) electrons. The van der Waals surface area contributed by atoms with Crippen molar-refractivity contribution < 1.29 is 28.2 Å². The van der Waals surface area contributed by atoms with E-state index in [2.05, 4.69) is 30.3 Å². The highest BCUT2D eigenvalue weighted by atomic mass is 35.5. The topological polar surface area (TPSA) is 139 Å². The molecule has 2 aliphatic heterocycles. The number of halogens is 2. The van der Waals surface area contributed by atoms with Gasteiger partial charge in [-0.1, -0.05) is 24.9 Å². The Hall–Kier alpha value is -4.19. The number of nitrogens with one attached hydrogen (secondary N) is 3. The number of benzene rings is 1. The van der Waals surface area contributed by atoms with Crippen molar-refractivity contribution in [1.29, 1.82) is 0 Å². The number of pyridine rings is 1. The Morgan fingerprint density at radius 2 is 2.05 bits per heavy atom. The third-order valence-electron chi connectivity index (χ3n) is 7.13. The fourth-order valence-electron chi connectivity index (χ4n) is 4.95. The van der Waals surface area contributed by atoms with E-state index >= 15 is 0 Å². The highest BCUT2D eigenvalue weighted by molar-refractivity contribution is 6.30. The van der Waals surface area contributed by atoms with Gasteiger partial charge >= 0.3 is 12.2 Å². The summed E-state index contributed by atoms with van der Waals surface area (Å²) in [7, 11) is 1.26. The van der Waals surface area contributed by atoms with Crippen LogP contribution in [0.2, 0.25) is 5.02 Å². The normalized spacial score (nSPS) is 21.3. The average molecular weight is 571 g/mol. The van der Waals surface area contributed by atoms with Crippen LogP contribution in [0.4, 0.5) is 25.4 Å². The van der Waals surface area contributed by atoms with E-state index in [9.17, 15) is 18.8 Å². The van der Waals surface area contributed by atoms with Crippen LogP contribution >= 0.6 is 11.6 Å². The predicted octanol–water partition coefficient (Wildman–Crippen LogP) is 5.83. The number of carbonyl (C=O) groups is 3. The van der Waals surface area contributed by atoms with E-state index in [1.807, 2.05) is 6.92 Å². The molecule has 0 saturated carbocycles. The zero-order valence-corrected chi connectivity index (χ0v) is 22.6. The smallest absolute Gasteiger partial charge is 0.411 e. The molecule has 11 nitrogen and oxygen atoms in total. The number of H-pyrrole nitrogens is 1. The lowest BCUT2D eigenvalue weighted by Crippen LogP contribution is -2.42. The number of aromatic nitrogens is 3. The summed E-state index contributed by atoms with van der Waals surface area (Å²) in [6.45, 7) is 2.12. The van der Waals surface area contributed by atoms with E-state index in [0.29, 0.717) is 54.1 Å². The van der Waals surface area contributed by atoms with E-state index in [1.165, 1.54) is 19.4 Å². The van der Waals surface area contributed by atoms with Crippen molar-refractivity contribution in [2.45, 2.75) is 44.8 Å². The second kappa shape index (κ2) is 11.5. The summed E-state index contributed by atoms with van der Waals surface area (Å²) in [5, 5.41) is 5.47. The van der Waals surface area contributed by atoms with Gasteiger partial charge in [0, 0.05) is 36.3 Å². The Morgan fingerprint density at radius 1 is 1.23 bits per heavy atom. The zero-order valence-electron chi connectivity index (χ0n) is 21.9. The van der Waals surface area contributed by atoms with Gasteiger partial charge in [0.05, 0.1) is 35.8 Å². The van der Waals surface area contributed by atoms with Crippen molar-refractivity contribution in [1.82, 2.24) is 19.9 Å². The number of hydrogen-bond donors (Lipinski definition) is 3. The SMILES string of the molecule is COC(=O)Nc1ccc2c(c1)NC(=O)[C@H](C)CCC[C@H](N1CCC(c3nccc(Cl)c3F)OC1=O)c1ncc-2[nH]1. The predicted molar refractivity (Wildman–Crippen MR) is 144 cm³/mol. The van der Waals surface area contributed by atoms with Gasteiger partial charge < -0.3 is 19.8 Å². The molecule has 2 bridgehead atoms. The van der Waals surface area contributed by atoms with E-state index in [-0.39, 0.29) is 29.1 Å². The quantitative estimate of drug-likeness (QED) is 0.360. The summed E-state index contributed by atoms with van der Waals surface area (Å²) >= 11 is 5.90. The molecule has 3 atom stereocenters. The van der Waals surface area contributed by atoms with Crippen molar-refractivity contribution >= 4 is 41.1 Å². The molecule has 0 aliphatic carbocycles. The number of ether oxygens (including phenoxy) is 2. The van der Waals surface area contributed by atoms with Crippen molar-refractivity contribution in [3.8, 4) is 11.3 Å². The van der Waals surface area contributed by atoms with Crippen LogP contribution in [0.3, 0.4) is 0 Å². The lowest BCUT2D eigenvalue weighted by molar-refractivity contribution is -0.119. The number of fused-ring (bicyclic) bond motifs is 4. The van der Waals surface area contributed by atoms with E-state index in [1.54, 1.807) is 29.3 Å². The van der Waals surface area contributed by atoms with Crippen LogP contribution in [-0.2, 0) is 14.3 Å². The molecule has 3 N–H and O–H groups in total. The third-order valence-corrected chi connectivity index (χ3v) is 7.42. The lowest BCUT2D eigenvalue weighted by Gasteiger charge is -2.36. The Morgan fingerprint density at radius 3 is 2.83 bits per heavy atom. The molecule has 1 saturated heterocycles. The average Bonchev–Trinajstić information content (AvgIpc) is 3.42. The van der Waals surface area contributed by atoms with Gasteiger partial charge in [-0.25, -0.2) is 19.0 Å². The maximum atomic E-state index is 14.5. The Kier molecular flexibility index (Phi) is 7.88. The second-order valence-electron chi connectivity index (χ2n) is 9.74. The molecule has 2 aromatic heterocycles. The fourth-order valence-corrected chi connectivity index (χ4v) is 5.10. The minimum Gasteiger partial charge on any atom is -0.453 e. The second-order valence-corrected chi connectivity index (χ2v) is 10.1. The number of methoxy groups -OCH3 is 1. The first-order chi connectivity index (χ1) is 19.2. The molecule has 4 heterocycles. The Labute approximate surface area is 234 Å². The van der Waals surface area contributed by atoms with E-state index in [4.69, 9.17) is 16.3 Å². The van der Waals surface area contributed by atoms with Crippen LogP contribution < -0.4 is 10.6 Å². The van der Waals surface area contributed by atoms with Crippen LogP contribution in [0.15, 0.2) is 36.7 Å². The number of aromatic amines is 1. The zero-order chi connectivity index (χ0) is 28.4. The molecule has 1 fully saturated rings. The number of cyclic esters (lactones) is 1. The van der Waals surface area contributed by atoms with Gasteiger partial charge in [0.15, 0.2) is 11.9 Å². The molecule has 3 aromatic rings. The number of nitrogens with zero attached hydrogens (tertiary/aromatic N) is 3. The molecule has 210 valence electrons. The van der Waals surface area contributed by atoms with Gasteiger partial charge in [-0.3, -0.25) is 20.0 Å². The number of rotatable bonds is 3. The summed E-state index contributed by atoms with van der Waals surface area (Å²) in [5.74, 6) is -0.640. The molecule has 2 aliphatic rings. The van der Waals surface area contributed by atoms with Crippen LogP contribution in [0, 0.1) is 11.7 Å². The first-order valence-electron chi connectivity index (χ1n) is 12.9. The largest absolute Gasteiger partial charge is 0.453 e. The highest BCUT2D eigenvalue weighted by Crippen LogP contribution is 2.37. The summed E-state index contributed by atoms with van der Waals surface area (Å²) < 4.78 is 24.8. The Balaban J connectivity index is 1.44. The molecule has 0 spiro atoms. The highest BCUT2D eigenvalue weighted by Gasteiger charge is 2.37. The molecule has 3 amide bonds. The maximum Gasteiger partial charge on any atom is 0.411 e. The first-order valence-corrected chi connectivity index (χ1v) is 13.2. The van der Waals surface area contributed by atoms with Crippen LogP contribution in [0.25, 0.3) is 11.3 Å². The Bertz CT molecular complexity index is 1450. The van der Waals surface area contributed by atoms with Gasteiger partial charge in [-0.15, -0.1) is 0 Å². The third kappa shape index (κ3) is 5.57. The fraction of sp³-hybridized carbons (Fsp3) is 0.370. The number of imidazole rings is 1. The van der Waals surface area contributed by atoms with Gasteiger partial charge in [0.2, 0.25) is 5.91 Å². The molecule has 1 unspecified atom stereocenters. The maximum absolute atomic E-state index is 14.5. The van der Waals surface area contributed by atoms with Crippen molar-refractivity contribution in [3.63, 3.8) is 0 Å². The van der Waals surface area contributed by atoms with Crippen LogP contribution in [-0.4, -0.2) is 51.6 Å². The molecule has 40 heavy (non-hydrogen) atoms. The summed E-state index contributed by atoms with van der Waals surface area (Å²) in [6, 6.07) is 5.95. The van der Waals surface area contributed by atoms with Crippen molar-refractivity contribution in [2.75, 3.05) is 24.3 Å². The summed E-state index contributed by atoms with van der Waals surface area (Å²) in [4.78, 5) is 51.4. The van der Waals surface area contributed by atoms with E-state index in [0.717, 1.165) is 0 Å². The number of amides is 3. The monoisotopic (exact) mass is 570 g/mol. The molecular weight excluding hydrogens is 543 g/mol. The van der Waals surface area contributed by atoms with E-state index < -0.39 is 30.1 Å². The van der Waals surface area contributed by atoms with Gasteiger partial charge in [0.1, 0.15) is 11.5 Å². The van der Waals surface area contributed by atoms with Gasteiger partial charge in [0.25, 0.3) is 0 Å². The summed E-state index contributed by atoms with van der Waals surface area (Å²) in [6.07, 6.45) is 2.94.